The minimum absolute atomic E-state index is 0.341. The fourth-order valence-corrected chi connectivity index (χ4v) is 3.75. The molecular weight excluding hydrogens is 370 g/mol. The Morgan fingerprint density at radius 2 is 1.86 bits per heavy atom. The molecule has 0 saturated carbocycles. The highest BCUT2D eigenvalue weighted by molar-refractivity contribution is 6.44. The number of likely N-dealkylation sites (N-methyl/N-ethyl adjacent to an activating group) is 1. The van der Waals surface area contributed by atoms with Crippen molar-refractivity contribution in [2.45, 2.75) is 13.0 Å². The summed E-state index contributed by atoms with van der Waals surface area (Å²) in [5, 5.41) is 0. The van der Waals surface area contributed by atoms with Gasteiger partial charge in [0.05, 0.1) is 40.3 Å². The van der Waals surface area contributed by atoms with Gasteiger partial charge < -0.3 is 14.5 Å². The summed E-state index contributed by atoms with van der Waals surface area (Å²) in [5.74, 6) is -1.97. The third-order valence-electron chi connectivity index (χ3n) is 5.31. The van der Waals surface area contributed by atoms with Gasteiger partial charge in [0.1, 0.15) is 11.7 Å². The molecule has 0 spiro atoms. The third kappa shape index (κ3) is 4.05. The summed E-state index contributed by atoms with van der Waals surface area (Å²) in [5.41, 5.74) is 1.97. The smallest absolute Gasteiger partial charge is 0.291 e. The lowest BCUT2D eigenvalue weighted by Gasteiger charge is -2.27. The number of pyridine rings is 1. The molecule has 2 N–H and O–H groups in total. The van der Waals surface area contributed by atoms with Gasteiger partial charge >= 0.3 is 0 Å². The molecule has 1 fully saturated rings. The average Bonchev–Trinajstić information content (AvgIpc) is 2.97. The number of carbonyl (C=O) groups excluding carboxylic acids is 3. The number of quaternary nitrogens is 1. The third-order valence-corrected chi connectivity index (χ3v) is 5.31. The van der Waals surface area contributed by atoms with Crippen molar-refractivity contribution < 1.29 is 29.0 Å². The maximum absolute atomic E-state index is 13.4. The Morgan fingerprint density at radius 1 is 1.17 bits per heavy atom. The van der Waals surface area contributed by atoms with E-state index in [1.165, 1.54) is 0 Å². The summed E-state index contributed by atoms with van der Waals surface area (Å²) in [4.78, 5) is 44.7. The molecule has 2 unspecified atom stereocenters. The second-order valence-corrected chi connectivity index (χ2v) is 7.62. The van der Waals surface area contributed by atoms with E-state index in [4.69, 9.17) is 4.74 Å². The molecule has 1 amide bonds. The number of hydrogen-bond acceptors (Lipinski definition) is 4. The zero-order valence-corrected chi connectivity index (χ0v) is 17.2. The van der Waals surface area contributed by atoms with Gasteiger partial charge in [-0.2, -0.15) is 0 Å². The van der Waals surface area contributed by atoms with Crippen LogP contribution in [0.15, 0.2) is 42.7 Å². The highest BCUT2D eigenvalue weighted by Crippen LogP contribution is 2.38. The van der Waals surface area contributed by atoms with Crippen molar-refractivity contribution in [3.05, 3.63) is 59.4 Å². The number of Topliss-reactive ketones (excluding diaryl/α,β-unsaturated/α-hetero) is 2. The highest BCUT2D eigenvalue weighted by Gasteiger charge is 2.51. The predicted octanol–water partition coefficient (Wildman–Crippen LogP) is -0.0863. The summed E-state index contributed by atoms with van der Waals surface area (Å²) in [7, 11) is 5.53. The molecule has 1 aromatic carbocycles. The Bertz CT molecular complexity index is 927. The number of nitrogens with zero attached hydrogens (tertiary/aromatic N) is 1. The first-order chi connectivity index (χ1) is 13.8. The normalized spacial score (nSPS) is 19.1. The summed E-state index contributed by atoms with van der Waals surface area (Å²) in [6.07, 6.45) is 3.47. The van der Waals surface area contributed by atoms with E-state index in [0.29, 0.717) is 24.4 Å². The number of hydrogen-bond donors (Lipinski definition) is 1. The van der Waals surface area contributed by atoms with Crippen LogP contribution in [0.5, 0.6) is 5.75 Å². The number of likely N-dealkylation sites (tertiary alicyclic amines) is 1. The van der Waals surface area contributed by atoms with E-state index in [9.17, 15) is 14.4 Å². The van der Waals surface area contributed by atoms with Gasteiger partial charge in [-0.05, 0) is 36.2 Å². The molecule has 1 aliphatic rings. The molecular formula is C22H27N3O4+2. The van der Waals surface area contributed by atoms with Crippen LogP contribution in [0.3, 0.4) is 0 Å². The summed E-state index contributed by atoms with van der Waals surface area (Å²) >= 11 is 0. The zero-order valence-electron chi connectivity index (χ0n) is 17.2. The lowest BCUT2D eigenvalue weighted by molar-refractivity contribution is -0.857. The van der Waals surface area contributed by atoms with Crippen LogP contribution < -0.4 is 14.6 Å². The molecule has 2 atom stereocenters. The first kappa shape index (κ1) is 20.7. The van der Waals surface area contributed by atoms with Crippen molar-refractivity contribution >= 4 is 17.5 Å². The largest absolute Gasteiger partial charge is 0.496 e. The van der Waals surface area contributed by atoms with E-state index in [1.54, 1.807) is 42.6 Å². The SMILES string of the molecule is COc1ccc(C(=O)C2C(=O)C(=O)N(CC[NH+](C)C)C2c2cc[nH+]cc2)cc1C. The Morgan fingerprint density at radius 3 is 2.45 bits per heavy atom. The van der Waals surface area contributed by atoms with E-state index in [-0.39, 0.29) is 5.78 Å². The Hall–Kier alpha value is -3.06. The molecule has 7 nitrogen and oxygen atoms in total. The fourth-order valence-electron chi connectivity index (χ4n) is 3.75. The first-order valence-corrected chi connectivity index (χ1v) is 9.64. The topological polar surface area (TPSA) is 82.3 Å². The first-order valence-electron chi connectivity index (χ1n) is 9.64. The summed E-state index contributed by atoms with van der Waals surface area (Å²) in [6, 6.07) is 8.08. The van der Waals surface area contributed by atoms with Gasteiger partial charge in [0.15, 0.2) is 18.2 Å². The van der Waals surface area contributed by atoms with Gasteiger partial charge in [0.2, 0.25) is 5.78 Å². The predicted molar refractivity (Wildman–Crippen MR) is 106 cm³/mol. The van der Waals surface area contributed by atoms with Crippen molar-refractivity contribution in [3.8, 4) is 5.75 Å². The maximum Gasteiger partial charge on any atom is 0.291 e. The number of amides is 1. The standard InChI is InChI=1S/C22H25N3O4/c1-14-13-16(5-6-17(14)29-4)20(26)18-19(15-7-9-23-10-8-15)25(12-11-24(2)3)22(28)21(18)27/h5-10,13,18-19H,11-12H2,1-4H3/p+2. The minimum Gasteiger partial charge on any atom is -0.496 e. The van der Waals surface area contributed by atoms with Crippen molar-refractivity contribution in [1.29, 1.82) is 0 Å². The Kier molecular flexibility index (Phi) is 6.08. The molecule has 1 aromatic heterocycles. The number of aryl methyl sites for hydroxylation is 1. The monoisotopic (exact) mass is 397 g/mol. The fraction of sp³-hybridized carbons (Fsp3) is 0.364. The highest BCUT2D eigenvalue weighted by atomic mass is 16.5. The molecule has 1 saturated heterocycles. The molecule has 0 bridgehead atoms. The molecule has 29 heavy (non-hydrogen) atoms. The molecule has 3 rings (SSSR count). The van der Waals surface area contributed by atoms with Gasteiger partial charge in [-0.15, -0.1) is 0 Å². The van der Waals surface area contributed by atoms with E-state index >= 15 is 0 Å². The van der Waals surface area contributed by atoms with E-state index in [0.717, 1.165) is 16.0 Å². The van der Waals surface area contributed by atoms with Gasteiger partial charge in [0, 0.05) is 17.7 Å². The van der Waals surface area contributed by atoms with Gasteiger partial charge in [0.25, 0.3) is 5.91 Å². The summed E-state index contributed by atoms with van der Waals surface area (Å²) < 4.78 is 5.26. The van der Waals surface area contributed by atoms with Crippen LogP contribution in [-0.2, 0) is 9.59 Å². The molecule has 1 aliphatic heterocycles. The van der Waals surface area contributed by atoms with Crippen LogP contribution in [0.25, 0.3) is 0 Å². The summed E-state index contributed by atoms with van der Waals surface area (Å²) in [6.45, 7) is 2.92. The molecule has 0 aliphatic carbocycles. The number of nitrogens with one attached hydrogen (secondary N) is 2. The van der Waals surface area contributed by atoms with Gasteiger partial charge in [-0.3, -0.25) is 14.4 Å². The molecule has 152 valence electrons. The molecule has 2 heterocycles. The maximum atomic E-state index is 13.4. The van der Waals surface area contributed by atoms with Crippen molar-refractivity contribution in [2.24, 2.45) is 5.92 Å². The van der Waals surface area contributed by atoms with Crippen LogP contribution in [0, 0.1) is 12.8 Å². The van der Waals surface area contributed by atoms with Crippen LogP contribution in [0.2, 0.25) is 0 Å². The van der Waals surface area contributed by atoms with E-state index < -0.39 is 23.7 Å². The minimum atomic E-state index is -1.06. The van der Waals surface area contributed by atoms with Gasteiger partial charge in [-0.25, -0.2) is 4.98 Å². The van der Waals surface area contributed by atoms with Gasteiger partial charge in [-0.1, -0.05) is 0 Å². The average molecular weight is 397 g/mol. The number of ketones is 2. The number of aromatic amines is 1. The lowest BCUT2D eigenvalue weighted by Crippen LogP contribution is -3.06. The number of ether oxygens (including phenoxy) is 1. The Labute approximate surface area is 170 Å². The van der Waals surface area contributed by atoms with E-state index in [2.05, 4.69) is 4.98 Å². The van der Waals surface area contributed by atoms with Crippen LogP contribution in [-0.4, -0.2) is 56.7 Å². The quantitative estimate of drug-likeness (QED) is 0.402. The zero-order chi connectivity index (χ0) is 21.1. The number of rotatable bonds is 7. The number of benzene rings is 1. The van der Waals surface area contributed by atoms with Crippen molar-refractivity contribution in [3.63, 3.8) is 0 Å². The number of H-pyrrole nitrogens is 1. The van der Waals surface area contributed by atoms with E-state index in [1.807, 2.05) is 33.2 Å². The molecule has 7 heteroatoms. The number of methoxy groups -OCH3 is 1. The molecule has 2 aromatic rings. The number of aromatic nitrogens is 1. The van der Waals surface area contributed by atoms with Crippen molar-refractivity contribution in [1.82, 2.24) is 4.90 Å². The van der Waals surface area contributed by atoms with Crippen molar-refractivity contribution in [2.75, 3.05) is 34.3 Å². The number of carbonyl (C=O) groups is 3. The lowest BCUT2D eigenvalue weighted by atomic mass is 9.86. The van der Waals surface area contributed by atoms with Crippen LogP contribution in [0.4, 0.5) is 0 Å². The second-order valence-electron chi connectivity index (χ2n) is 7.62. The van der Waals surface area contributed by atoms with Crippen LogP contribution in [0.1, 0.15) is 27.5 Å². The molecule has 0 radical (unpaired) electrons. The van der Waals surface area contributed by atoms with Crippen LogP contribution >= 0.6 is 0 Å². The second kappa shape index (κ2) is 8.53. The Balaban J connectivity index is 2.02.